The minimum atomic E-state index is -1.26. The summed E-state index contributed by atoms with van der Waals surface area (Å²) in [4.78, 5) is 10.7. The summed E-state index contributed by atoms with van der Waals surface area (Å²) >= 11 is 4.48. The summed E-state index contributed by atoms with van der Waals surface area (Å²) in [6.07, 6.45) is 0. The molecule has 5 heteroatoms. The minimum absolute atomic E-state index is 0.306. The molecule has 0 radical (unpaired) electrons. The van der Waals surface area contributed by atoms with Gasteiger partial charge in [0.2, 0.25) is 0 Å². The van der Waals surface area contributed by atoms with Crippen molar-refractivity contribution in [3.8, 4) is 0 Å². The molecule has 1 N–H and O–H groups in total. The van der Waals surface area contributed by atoms with Gasteiger partial charge in [0.1, 0.15) is 11.4 Å². The molecule has 0 atom stereocenters. The molecule has 0 bridgehead atoms. The zero-order chi connectivity index (χ0) is 10.3. The summed E-state index contributed by atoms with van der Waals surface area (Å²) in [7, 11) is 0. The molecule has 2 nitrogen and oxygen atoms in total. The summed E-state index contributed by atoms with van der Waals surface area (Å²) < 4.78 is 14.4. The number of carboxylic acids is 1. The second-order valence-corrected chi connectivity index (χ2v) is 4.40. The largest absolute Gasteiger partial charge is 0.478 e. The second-order valence-electron chi connectivity index (χ2n) is 2.69. The van der Waals surface area contributed by atoms with Gasteiger partial charge in [0.25, 0.3) is 0 Å². The first kappa shape index (κ1) is 9.61. The van der Waals surface area contributed by atoms with Crippen LogP contribution in [0.4, 0.5) is 4.39 Å². The minimum Gasteiger partial charge on any atom is -0.478 e. The van der Waals surface area contributed by atoms with Crippen molar-refractivity contribution in [3.05, 3.63) is 33.4 Å². The number of halogens is 2. The van der Waals surface area contributed by atoms with Gasteiger partial charge >= 0.3 is 5.97 Å². The fourth-order valence-electron chi connectivity index (χ4n) is 1.23. The molecule has 2 aromatic rings. The lowest BCUT2D eigenvalue weighted by Gasteiger charge is -2.01. The maximum Gasteiger partial charge on any atom is 0.339 e. The number of hydrogen-bond donors (Lipinski definition) is 1. The molecule has 1 heterocycles. The Morgan fingerprint density at radius 2 is 2.29 bits per heavy atom. The Morgan fingerprint density at radius 3 is 2.93 bits per heavy atom. The van der Waals surface area contributed by atoms with E-state index in [0.717, 1.165) is 4.70 Å². The van der Waals surface area contributed by atoms with Gasteiger partial charge in [0.05, 0.1) is 4.47 Å². The van der Waals surface area contributed by atoms with E-state index in [4.69, 9.17) is 5.11 Å². The third kappa shape index (κ3) is 1.33. The molecule has 0 aliphatic heterocycles. The third-order valence-electron chi connectivity index (χ3n) is 1.85. The monoisotopic (exact) mass is 274 g/mol. The molecule has 0 saturated carbocycles. The standard InChI is InChI=1S/C9H4BrFO2S/c10-7-6(9(12)13)5(11)3-4-1-2-14-8(4)7/h1-3H,(H,12,13). The molecular formula is C9H4BrFO2S. The molecule has 14 heavy (non-hydrogen) atoms. The van der Waals surface area contributed by atoms with E-state index in [1.807, 2.05) is 0 Å². The van der Waals surface area contributed by atoms with Crippen LogP contribution in [-0.4, -0.2) is 11.1 Å². The molecule has 0 aliphatic rings. The average molecular weight is 275 g/mol. The van der Waals surface area contributed by atoms with Crippen molar-refractivity contribution >= 4 is 43.3 Å². The van der Waals surface area contributed by atoms with Crippen molar-refractivity contribution in [1.82, 2.24) is 0 Å². The van der Waals surface area contributed by atoms with Crippen molar-refractivity contribution < 1.29 is 14.3 Å². The Labute approximate surface area is 91.1 Å². The molecule has 0 amide bonds. The Morgan fingerprint density at radius 1 is 1.57 bits per heavy atom. The topological polar surface area (TPSA) is 37.3 Å². The molecule has 72 valence electrons. The summed E-state index contributed by atoms with van der Waals surface area (Å²) in [5.41, 5.74) is -0.306. The van der Waals surface area contributed by atoms with Gasteiger partial charge < -0.3 is 5.11 Å². The van der Waals surface area contributed by atoms with Crippen molar-refractivity contribution in [2.75, 3.05) is 0 Å². The molecule has 1 aromatic heterocycles. The van der Waals surface area contributed by atoms with Gasteiger partial charge in [-0.2, -0.15) is 0 Å². The van der Waals surface area contributed by atoms with Crippen LogP contribution in [0.5, 0.6) is 0 Å². The Bertz CT molecular complexity index is 521. The van der Waals surface area contributed by atoms with Crippen LogP contribution in [0.15, 0.2) is 22.0 Å². The number of benzene rings is 1. The summed E-state index contributed by atoms with van der Waals surface area (Å²) in [5, 5.41) is 11.3. The van der Waals surface area contributed by atoms with E-state index in [1.54, 1.807) is 11.4 Å². The van der Waals surface area contributed by atoms with Gasteiger partial charge in [0.15, 0.2) is 0 Å². The maximum atomic E-state index is 13.3. The second kappa shape index (κ2) is 3.33. The number of hydrogen-bond acceptors (Lipinski definition) is 2. The zero-order valence-electron chi connectivity index (χ0n) is 6.75. The molecular weight excluding hydrogens is 271 g/mol. The molecule has 0 saturated heterocycles. The van der Waals surface area contributed by atoms with Crippen LogP contribution in [0.1, 0.15) is 10.4 Å². The zero-order valence-corrected chi connectivity index (χ0v) is 9.15. The smallest absolute Gasteiger partial charge is 0.339 e. The van der Waals surface area contributed by atoms with Crippen LogP contribution >= 0.6 is 27.3 Å². The van der Waals surface area contributed by atoms with E-state index in [1.165, 1.54) is 17.4 Å². The molecule has 0 spiro atoms. The van der Waals surface area contributed by atoms with E-state index >= 15 is 0 Å². The van der Waals surface area contributed by atoms with Gasteiger partial charge in [-0.15, -0.1) is 11.3 Å². The molecule has 0 aliphatic carbocycles. The van der Waals surface area contributed by atoms with Gasteiger partial charge in [-0.3, -0.25) is 0 Å². The number of carbonyl (C=O) groups is 1. The van der Waals surface area contributed by atoms with E-state index in [2.05, 4.69) is 15.9 Å². The quantitative estimate of drug-likeness (QED) is 0.864. The van der Waals surface area contributed by atoms with E-state index in [-0.39, 0.29) is 5.56 Å². The van der Waals surface area contributed by atoms with Crippen LogP contribution in [0.3, 0.4) is 0 Å². The summed E-state index contributed by atoms with van der Waals surface area (Å²) in [6, 6.07) is 2.99. The van der Waals surface area contributed by atoms with E-state index in [0.29, 0.717) is 9.86 Å². The van der Waals surface area contributed by atoms with Crippen molar-refractivity contribution in [1.29, 1.82) is 0 Å². The highest BCUT2D eigenvalue weighted by Crippen LogP contribution is 2.33. The van der Waals surface area contributed by atoms with Crippen LogP contribution in [-0.2, 0) is 0 Å². The van der Waals surface area contributed by atoms with Gasteiger partial charge in [0, 0.05) is 4.70 Å². The molecule has 0 unspecified atom stereocenters. The van der Waals surface area contributed by atoms with Crippen LogP contribution in [0, 0.1) is 5.82 Å². The Hall–Kier alpha value is -0.940. The first-order valence-electron chi connectivity index (χ1n) is 3.69. The number of fused-ring (bicyclic) bond motifs is 1. The Kier molecular flexibility index (Phi) is 2.28. The fraction of sp³-hybridized carbons (Fsp3) is 0. The van der Waals surface area contributed by atoms with Gasteiger partial charge in [-0.05, 0) is 38.8 Å². The van der Waals surface area contributed by atoms with Crippen molar-refractivity contribution in [2.24, 2.45) is 0 Å². The molecule has 1 aromatic carbocycles. The average Bonchev–Trinajstić information content (AvgIpc) is 2.50. The first-order valence-corrected chi connectivity index (χ1v) is 5.37. The van der Waals surface area contributed by atoms with E-state index < -0.39 is 11.8 Å². The lowest BCUT2D eigenvalue weighted by atomic mass is 10.1. The normalized spacial score (nSPS) is 10.7. The highest BCUT2D eigenvalue weighted by atomic mass is 79.9. The van der Waals surface area contributed by atoms with Crippen molar-refractivity contribution in [3.63, 3.8) is 0 Å². The molecule has 2 rings (SSSR count). The highest BCUT2D eigenvalue weighted by Gasteiger charge is 2.18. The number of aromatic carboxylic acids is 1. The van der Waals surface area contributed by atoms with E-state index in [9.17, 15) is 9.18 Å². The lowest BCUT2D eigenvalue weighted by Crippen LogP contribution is -2.01. The predicted molar refractivity (Wildman–Crippen MR) is 56.4 cm³/mol. The highest BCUT2D eigenvalue weighted by molar-refractivity contribution is 9.10. The third-order valence-corrected chi connectivity index (χ3v) is 3.85. The van der Waals surface area contributed by atoms with Gasteiger partial charge in [-0.25, -0.2) is 9.18 Å². The van der Waals surface area contributed by atoms with Crippen LogP contribution < -0.4 is 0 Å². The first-order chi connectivity index (χ1) is 6.61. The van der Waals surface area contributed by atoms with Crippen molar-refractivity contribution in [2.45, 2.75) is 0 Å². The van der Waals surface area contributed by atoms with Crippen LogP contribution in [0.25, 0.3) is 10.1 Å². The van der Waals surface area contributed by atoms with Crippen LogP contribution in [0.2, 0.25) is 0 Å². The Balaban J connectivity index is 2.89. The lowest BCUT2D eigenvalue weighted by molar-refractivity contribution is 0.0691. The fourth-order valence-corrected chi connectivity index (χ4v) is 2.92. The number of thiophene rings is 1. The molecule has 0 fully saturated rings. The number of carboxylic acid groups (broad SMARTS) is 1. The van der Waals surface area contributed by atoms with Gasteiger partial charge in [-0.1, -0.05) is 0 Å². The summed E-state index contributed by atoms with van der Waals surface area (Å²) in [5.74, 6) is -1.97. The SMILES string of the molecule is O=C(O)c1c(F)cc2ccsc2c1Br. The maximum absolute atomic E-state index is 13.3. The summed E-state index contributed by atoms with van der Waals surface area (Å²) in [6.45, 7) is 0. The number of rotatable bonds is 1. The predicted octanol–water partition coefficient (Wildman–Crippen LogP) is 3.50.